The predicted molar refractivity (Wildman–Crippen MR) is 137 cm³/mol. The lowest BCUT2D eigenvalue weighted by Gasteiger charge is -2.32. The minimum Gasteiger partial charge on any atom is -0.336 e. The number of hydroxylamine groups is 1. The molecule has 0 radical (unpaired) electrons. The summed E-state index contributed by atoms with van der Waals surface area (Å²) in [6.07, 6.45) is 1.05. The first-order chi connectivity index (χ1) is 16.5. The summed E-state index contributed by atoms with van der Waals surface area (Å²) >= 11 is 0. The van der Waals surface area contributed by atoms with E-state index in [0.717, 1.165) is 44.7 Å². The lowest BCUT2D eigenvalue weighted by molar-refractivity contribution is 0.0706. The highest BCUT2D eigenvalue weighted by atomic mass is 16.5. The molecule has 2 heterocycles. The highest BCUT2D eigenvalue weighted by molar-refractivity contribution is 6.08. The van der Waals surface area contributed by atoms with E-state index in [2.05, 4.69) is 64.7 Å². The minimum atomic E-state index is -0.496. The molecule has 1 saturated heterocycles. The topological polar surface area (TPSA) is 60.7 Å². The van der Waals surface area contributed by atoms with Crippen molar-refractivity contribution in [2.24, 2.45) is 0 Å². The van der Waals surface area contributed by atoms with Crippen molar-refractivity contribution in [3.8, 4) is 0 Å². The van der Waals surface area contributed by atoms with Gasteiger partial charge in [0, 0.05) is 66.6 Å². The molecule has 1 aliphatic heterocycles. The van der Waals surface area contributed by atoms with Crippen molar-refractivity contribution in [2.45, 2.75) is 19.9 Å². The van der Waals surface area contributed by atoms with E-state index in [4.69, 9.17) is 5.21 Å². The summed E-state index contributed by atoms with van der Waals surface area (Å²) in [7, 11) is 2.20. The molecule has 0 unspecified atom stereocenters. The highest BCUT2D eigenvalue weighted by Crippen LogP contribution is 2.31. The van der Waals surface area contributed by atoms with E-state index in [-0.39, 0.29) is 0 Å². The fourth-order valence-corrected chi connectivity index (χ4v) is 4.95. The molecule has 176 valence electrons. The fourth-order valence-electron chi connectivity index (χ4n) is 4.95. The molecule has 0 bridgehead atoms. The number of aromatic nitrogens is 1. The number of piperazine rings is 1. The monoisotopic (exact) mass is 456 g/mol. The van der Waals surface area contributed by atoms with E-state index in [9.17, 15) is 4.79 Å². The van der Waals surface area contributed by atoms with Crippen LogP contribution in [0.2, 0.25) is 0 Å². The number of fused-ring (bicyclic) bond motifs is 3. The van der Waals surface area contributed by atoms with Crippen molar-refractivity contribution in [3.63, 3.8) is 0 Å². The van der Waals surface area contributed by atoms with E-state index in [0.29, 0.717) is 12.1 Å². The Morgan fingerprint density at radius 3 is 2.35 bits per heavy atom. The van der Waals surface area contributed by atoms with Crippen molar-refractivity contribution in [1.82, 2.24) is 19.8 Å². The number of rotatable bonds is 6. The van der Waals surface area contributed by atoms with Gasteiger partial charge in [-0.05, 0) is 61.9 Å². The van der Waals surface area contributed by atoms with Gasteiger partial charge in [-0.2, -0.15) is 0 Å². The quantitative estimate of drug-likeness (QED) is 0.339. The molecule has 0 aliphatic carbocycles. The summed E-state index contributed by atoms with van der Waals surface area (Å²) in [5, 5.41) is 11.4. The second kappa shape index (κ2) is 9.58. The van der Waals surface area contributed by atoms with Crippen LogP contribution in [0.25, 0.3) is 21.8 Å². The third-order valence-electron chi connectivity index (χ3n) is 7.06. The molecule has 4 aromatic rings. The Morgan fingerprint density at radius 2 is 1.62 bits per heavy atom. The third kappa shape index (κ3) is 4.57. The van der Waals surface area contributed by atoms with Crippen molar-refractivity contribution in [1.29, 1.82) is 0 Å². The Balaban J connectivity index is 1.47. The van der Waals surface area contributed by atoms with Crippen molar-refractivity contribution >= 4 is 27.7 Å². The number of nitrogens with zero attached hydrogens (tertiary/aromatic N) is 3. The van der Waals surface area contributed by atoms with E-state index in [1.807, 2.05) is 12.1 Å². The molecule has 0 atom stereocenters. The summed E-state index contributed by atoms with van der Waals surface area (Å²) in [6, 6.07) is 21.0. The number of nitrogens with one attached hydrogen (secondary N) is 1. The van der Waals surface area contributed by atoms with Gasteiger partial charge in [-0.15, -0.1) is 0 Å². The van der Waals surface area contributed by atoms with Crippen LogP contribution in [0, 0.1) is 6.92 Å². The first-order valence-electron chi connectivity index (χ1n) is 12.0. The van der Waals surface area contributed by atoms with Crippen LogP contribution in [0.1, 0.15) is 27.0 Å². The number of aryl methyl sites for hydroxylation is 1. The van der Waals surface area contributed by atoms with E-state index >= 15 is 0 Å². The van der Waals surface area contributed by atoms with Crippen LogP contribution in [0.15, 0.2) is 60.7 Å². The van der Waals surface area contributed by atoms with Gasteiger partial charge in [0.15, 0.2) is 0 Å². The van der Waals surface area contributed by atoms with Gasteiger partial charge in [-0.1, -0.05) is 35.9 Å². The first kappa shape index (κ1) is 22.6. The molecular weight excluding hydrogens is 424 g/mol. The first-order valence-corrected chi connectivity index (χ1v) is 12.0. The lowest BCUT2D eigenvalue weighted by atomic mass is 10.1. The van der Waals surface area contributed by atoms with Crippen molar-refractivity contribution in [2.75, 3.05) is 39.8 Å². The Morgan fingerprint density at radius 1 is 0.882 bits per heavy atom. The molecule has 0 saturated carbocycles. The third-order valence-corrected chi connectivity index (χ3v) is 7.06. The van der Waals surface area contributed by atoms with Crippen LogP contribution in [0.3, 0.4) is 0 Å². The second-order valence-electron chi connectivity index (χ2n) is 9.49. The van der Waals surface area contributed by atoms with Gasteiger partial charge < -0.3 is 14.4 Å². The smallest absolute Gasteiger partial charge is 0.274 e. The van der Waals surface area contributed by atoms with E-state index < -0.39 is 5.91 Å². The summed E-state index contributed by atoms with van der Waals surface area (Å²) in [6.45, 7) is 8.51. The van der Waals surface area contributed by atoms with Gasteiger partial charge in [0.2, 0.25) is 0 Å². The van der Waals surface area contributed by atoms with Crippen molar-refractivity contribution in [3.05, 3.63) is 82.9 Å². The van der Waals surface area contributed by atoms with Crippen LogP contribution in [0.4, 0.5) is 0 Å². The minimum absolute atomic E-state index is 0.440. The number of likely N-dealkylation sites (N-methyl/N-ethyl adjacent to an activating group) is 1. The number of benzene rings is 3. The molecular formula is C28H32N4O2. The zero-order valence-electron chi connectivity index (χ0n) is 19.9. The molecule has 6 heteroatoms. The maximum Gasteiger partial charge on any atom is 0.274 e. The standard InChI is InChI=1S/C28H32N4O2/c1-20-3-10-26-25(17-20)24-9-6-21(11-12-31-15-13-30(2)14-16-31)18-27(24)32(26)19-22-4-7-23(8-5-22)28(33)29-34/h3-10,17-18,34H,11-16,19H2,1-2H3,(H,29,33). The predicted octanol–water partition coefficient (Wildman–Crippen LogP) is 4.06. The molecule has 1 fully saturated rings. The van der Waals surface area contributed by atoms with Crippen LogP contribution >= 0.6 is 0 Å². The summed E-state index contributed by atoms with van der Waals surface area (Å²) in [5.41, 5.74) is 8.32. The molecule has 34 heavy (non-hydrogen) atoms. The highest BCUT2D eigenvalue weighted by Gasteiger charge is 2.15. The molecule has 1 aromatic heterocycles. The lowest BCUT2D eigenvalue weighted by Crippen LogP contribution is -2.45. The van der Waals surface area contributed by atoms with Gasteiger partial charge in [-0.3, -0.25) is 10.0 Å². The molecule has 1 amide bonds. The second-order valence-corrected chi connectivity index (χ2v) is 9.49. The van der Waals surface area contributed by atoms with Crippen LogP contribution in [-0.2, 0) is 13.0 Å². The summed E-state index contributed by atoms with van der Waals surface area (Å²) < 4.78 is 2.38. The number of hydrogen-bond acceptors (Lipinski definition) is 4. The Bertz CT molecular complexity index is 1320. The van der Waals surface area contributed by atoms with E-state index in [1.54, 1.807) is 17.6 Å². The number of carbonyl (C=O) groups excluding carboxylic acids is 1. The Kier molecular flexibility index (Phi) is 6.37. The number of amides is 1. The maximum atomic E-state index is 11.7. The largest absolute Gasteiger partial charge is 0.336 e. The van der Waals surface area contributed by atoms with Crippen LogP contribution in [-0.4, -0.2) is 65.3 Å². The summed E-state index contributed by atoms with van der Waals surface area (Å²) in [5.74, 6) is -0.496. The average Bonchev–Trinajstić information content (AvgIpc) is 3.15. The van der Waals surface area contributed by atoms with Gasteiger partial charge in [0.05, 0.1) is 0 Å². The SMILES string of the molecule is Cc1ccc2c(c1)c1ccc(CCN3CCN(C)CC3)cc1n2Cc1ccc(C(=O)NO)cc1. The zero-order valence-corrected chi connectivity index (χ0v) is 19.9. The zero-order chi connectivity index (χ0) is 23.7. The number of hydrogen-bond donors (Lipinski definition) is 2. The number of carbonyl (C=O) groups is 1. The average molecular weight is 457 g/mol. The molecule has 6 nitrogen and oxygen atoms in total. The Labute approximate surface area is 200 Å². The Hall–Kier alpha value is -3.19. The van der Waals surface area contributed by atoms with Gasteiger partial charge >= 0.3 is 0 Å². The van der Waals surface area contributed by atoms with Crippen molar-refractivity contribution < 1.29 is 10.0 Å². The molecule has 1 aliphatic rings. The molecule has 5 rings (SSSR count). The van der Waals surface area contributed by atoms with Gasteiger partial charge in [0.25, 0.3) is 5.91 Å². The molecule has 3 aromatic carbocycles. The normalized spacial score (nSPS) is 15.3. The van der Waals surface area contributed by atoms with Gasteiger partial charge in [0.1, 0.15) is 0 Å². The van der Waals surface area contributed by atoms with Crippen LogP contribution in [0.5, 0.6) is 0 Å². The van der Waals surface area contributed by atoms with Crippen LogP contribution < -0.4 is 5.48 Å². The maximum absolute atomic E-state index is 11.7. The molecule has 2 N–H and O–H groups in total. The fraction of sp³-hybridized carbons (Fsp3) is 0.321. The van der Waals surface area contributed by atoms with Gasteiger partial charge in [-0.25, -0.2) is 5.48 Å². The van der Waals surface area contributed by atoms with E-state index in [1.165, 1.54) is 32.9 Å². The summed E-state index contributed by atoms with van der Waals surface area (Å²) in [4.78, 5) is 16.6. The molecule has 0 spiro atoms.